The Hall–Kier alpha value is -2.00. The van der Waals surface area contributed by atoms with Crippen LogP contribution < -0.4 is 5.32 Å². The van der Waals surface area contributed by atoms with Crippen LogP contribution in [0.5, 0.6) is 0 Å². The van der Waals surface area contributed by atoms with Gasteiger partial charge in [-0.05, 0) is 30.7 Å². The highest BCUT2D eigenvalue weighted by molar-refractivity contribution is 8.02. The summed E-state index contributed by atoms with van der Waals surface area (Å²) < 4.78 is 24.5. The largest absolute Gasteiger partial charge is 0.480 e. The minimum atomic E-state index is -2.93. The van der Waals surface area contributed by atoms with E-state index in [1.54, 1.807) is 35.0 Å². The van der Waals surface area contributed by atoms with Crippen LogP contribution in [0.15, 0.2) is 30.5 Å². The Kier molecular flexibility index (Phi) is 5.05. The molecule has 1 saturated heterocycles. The minimum Gasteiger partial charge on any atom is -0.480 e. The van der Waals surface area contributed by atoms with E-state index in [0.717, 1.165) is 10.9 Å². The molecule has 134 valence electrons. The van der Waals surface area contributed by atoms with Crippen molar-refractivity contribution in [3.05, 3.63) is 30.5 Å². The fourth-order valence-electron chi connectivity index (χ4n) is 2.84. The number of nitrogens with zero attached hydrogens (tertiary/aromatic N) is 1. The number of fused-ring (bicyclic) bond motifs is 1. The van der Waals surface area contributed by atoms with Crippen molar-refractivity contribution in [3.63, 3.8) is 0 Å². The molecule has 1 amide bonds. The minimum absolute atomic E-state index is 0.0109. The number of thioether (sulfide) groups is 1. The summed E-state index contributed by atoms with van der Waals surface area (Å²) in [6, 6.07) is 7.08. The highest BCUT2D eigenvalue weighted by Gasteiger charge is 2.28. The standard InChI is InChI=1S/C16H18N2O5S2/c19-15(9-24-13-4-6-25(22,23)10-13)17-12-1-2-14-11(7-12)3-5-18(14)8-16(20)21/h1-3,5,7,13H,4,6,8-10H2,(H,17,19)(H,20,21). The maximum atomic E-state index is 12.1. The van der Waals surface area contributed by atoms with Crippen LogP contribution >= 0.6 is 11.8 Å². The predicted octanol–water partition coefficient (Wildman–Crippen LogP) is 1.58. The Labute approximate surface area is 149 Å². The highest BCUT2D eigenvalue weighted by atomic mass is 32.2. The summed E-state index contributed by atoms with van der Waals surface area (Å²) in [6.45, 7) is -0.115. The third-order valence-corrected chi connectivity index (χ3v) is 7.28. The van der Waals surface area contributed by atoms with Crippen molar-refractivity contribution >= 4 is 50.1 Å². The Morgan fingerprint density at radius 2 is 2.12 bits per heavy atom. The molecule has 2 N–H and O–H groups in total. The van der Waals surface area contributed by atoms with Crippen LogP contribution in [0.3, 0.4) is 0 Å². The number of carboxylic acids is 1. The van der Waals surface area contributed by atoms with Gasteiger partial charge in [0.25, 0.3) is 0 Å². The van der Waals surface area contributed by atoms with Gasteiger partial charge < -0.3 is 15.0 Å². The summed E-state index contributed by atoms with van der Waals surface area (Å²) in [7, 11) is -2.93. The summed E-state index contributed by atoms with van der Waals surface area (Å²) in [4.78, 5) is 22.9. The Morgan fingerprint density at radius 3 is 2.80 bits per heavy atom. The molecule has 0 bridgehead atoms. The summed E-state index contributed by atoms with van der Waals surface area (Å²) >= 11 is 1.37. The van der Waals surface area contributed by atoms with Gasteiger partial charge in [-0.15, -0.1) is 11.8 Å². The van der Waals surface area contributed by atoms with Crippen molar-refractivity contribution in [2.75, 3.05) is 22.6 Å². The lowest BCUT2D eigenvalue weighted by molar-refractivity contribution is -0.137. The first kappa shape index (κ1) is 17.8. The summed E-state index contributed by atoms with van der Waals surface area (Å²) in [6.07, 6.45) is 2.30. The van der Waals surface area contributed by atoms with Gasteiger partial charge in [-0.2, -0.15) is 0 Å². The van der Waals surface area contributed by atoms with Gasteiger partial charge in [0.2, 0.25) is 5.91 Å². The molecule has 1 atom stereocenters. The molecule has 2 heterocycles. The van der Waals surface area contributed by atoms with Crippen molar-refractivity contribution < 1.29 is 23.1 Å². The van der Waals surface area contributed by atoms with E-state index in [-0.39, 0.29) is 35.0 Å². The maximum absolute atomic E-state index is 12.1. The number of nitrogens with one attached hydrogen (secondary N) is 1. The number of sulfone groups is 1. The lowest BCUT2D eigenvalue weighted by Gasteiger charge is -2.09. The number of hydrogen-bond donors (Lipinski definition) is 2. The van der Waals surface area contributed by atoms with Crippen LogP contribution in [0.4, 0.5) is 5.69 Å². The van der Waals surface area contributed by atoms with Gasteiger partial charge in [-0.25, -0.2) is 8.42 Å². The first-order chi connectivity index (χ1) is 11.8. The monoisotopic (exact) mass is 382 g/mol. The molecule has 1 aliphatic rings. The van der Waals surface area contributed by atoms with Gasteiger partial charge in [0, 0.05) is 28.0 Å². The fourth-order valence-corrected chi connectivity index (χ4v) is 6.29. The van der Waals surface area contributed by atoms with Gasteiger partial charge in [0.1, 0.15) is 6.54 Å². The molecule has 0 radical (unpaired) electrons. The summed E-state index contributed by atoms with van der Waals surface area (Å²) in [5, 5.41) is 12.5. The molecule has 1 aromatic carbocycles. The first-order valence-corrected chi connectivity index (χ1v) is 10.6. The molecule has 25 heavy (non-hydrogen) atoms. The van der Waals surface area contributed by atoms with Gasteiger partial charge in [0.05, 0.1) is 17.3 Å². The molecule has 9 heteroatoms. The first-order valence-electron chi connectivity index (χ1n) is 7.75. The molecule has 0 saturated carbocycles. The number of carboxylic acid groups (broad SMARTS) is 1. The van der Waals surface area contributed by atoms with Gasteiger partial charge >= 0.3 is 5.97 Å². The summed E-state index contributed by atoms with van der Waals surface area (Å²) in [5.74, 6) is -0.540. The van der Waals surface area contributed by atoms with Crippen molar-refractivity contribution in [2.45, 2.75) is 18.2 Å². The normalized spacial score (nSPS) is 19.1. The number of rotatable bonds is 6. The third-order valence-electron chi connectivity index (χ3n) is 4.00. The number of benzene rings is 1. The molecular formula is C16H18N2O5S2. The Morgan fingerprint density at radius 1 is 1.32 bits per heavy atom. The van der Waals surface area contributed by atoms with Crippen molar-refractivity contribution in [2.24, 2.45) is 0 Å². The van der Waals surface area contributed by atoms with E-state index in [4.69, 9.17) is 5.11 Å². The molecular weight excluding hydrogens is 364 g/mol. The van der Waals surface area contributed by atoms with Crippen LogP contribution in [0.25, 0.3) is 10.9 Å². The van der Waals surface area contributed by atoms with Crippen LogP contribution in [0.1, 0.15) is 6.42 Å². The molecule has 1 fully saturated rings. The van der Waals surface area contributed by atoms with E-state index in [9.17, 15) is 18.0 Å². The second kappa shape index (κ2) is 7.09. The SMILES string of the molecule is O=C(O)Cn1ccc2cc(NC(=O)CSC3CCS(=O)(=O)C3)ccc21. The number of aromatic nitrogens is 1. The van der Waals surface area contributed by atoms with Gasteiger partial charge in [-0.1, -0.05) is 0 Å². The summed E-state index contributed by atoms with van der Waals surface area (Å²) in [5.41, 5.74) is 1.41. The lowest BCUT2D eigenvalue weighted by atomic mass is 10.2. The average molecular weight is 382 g/mol. The second-order valence-electron chi connectivity index (χ2n) is 6.00. The maximum Gasteiger partial charge on any atom is 0.323 e. The molecule has 1 aromatic heterocycles. The lowest BCUT2D eigenvalue weighted by Crippen LogP contribution is -2.17. The molecule has 1 aliphatic heterocycles. The molecule has 1 unspecified atom stereocenters. The van der Waals surface area contributed by atoms with Crippen LogP contribution in [-0.4, -0.2) is 52.5 Å². The van der Waals surface area contributed by atoms with Crippen molar-refractivity contribution in [1.82, 2.24) is 4.57 Å². The topological polar surface area (TPSA) is 105 Å². The molecule has 2 aromatic rings. The second-order valence-corrected chi connectivity index (χ2v) is 9.51. The number of carbonyl (C=O) groups excluding carboxylic acids is 1. The van der Waals surface area contributed by atoms with E-state index in [1.165, 1.54) is 11.8 Å². The smallest absolute Gasteiger partial charge is 0.323 e. The van der Waals surface area contributed by atoms with Crippen LogP contribution in [-0.2, 0) is 26.0 Å². The van der Waals surface area contributed by atoms with E-state index in [2.05, 4.69) is 5.32 Å². The number of anilines is 1. The Balaban J connectivity index is 1.59. The van der Waals surface area contributed by atoms with Gasteiger partial charge in [-0.3, -0.25) is 9.59 Å². The zero-order chi connectivity index (χ0) is 18.0. The number of carbonyl (C=O) groups is 2. The van der Waals surface area contributed by atoms with Crippen LogP contribution in [0.2, 0.25) is 0 Å². The van der Waals surface area contributed by atoms with E-state index in [1.807, 2.05) is 0 Å². The third kappa shape index (κ3) is 4.55. The average Bonchev–Trinajstić information content (AvgIpc) is 3.08. The van der Waals surface area contributed by atoms with Gasteiger partial charge in [0.15, 0.2) is 9.84 Å². The predicted molar refractivity (Wildman–Crippen MR) is 97.7 cm³/mol. The van der Waals surface area contributed by atoms with Crippen LogP contribution in [0, 0.1) is 0 Å². The quantitative estimate of drug-likeness (QED) is 0.786. The zero-order valence-electron chi connectivity index (χ0n) is 13.3. The molecule has 0 spiro atoms. The van der Waals surface area contributed by atoms with E-state index in [0.29, 0.717) is 12.1 Å². The number of aliphatic carboxylic acids is 1. The molecule has 0 aliphatic carbocycles. The van der Waals surface area contributed by atoms with Crippen molar-refractivity contribution in [1.29, 1.82) is 0 Å². The number of amides is 1. The zero-order valence-corrected chi connectivity index (χ0v) is 15.0. The highest BCUT2D eigenvalue weighted by Crippen LogP contribution is 2.25. The van der Waals surface area contributed by atoms with E-state index >= 15 is 0 Å². The van der Waals surface area contributed by atoms with Crippen molar-refractivity contribution in [3.8, 4) is 0 Å². The van der Waals surface area contributed by atoms with E-state index < -0.39 is 15.8 Å². The molecule has 3 rings (SSSR count). The fraction of sp³-hybridized carbons (Fsp3) is 0.375. The molecule has 7 nitrogen and oxygen atoms in total. The number of hydrogen-bond acceptors (Lipinski definition) is 5. The Bertz CT molecular complexity index is 920.